The van der Waals surface area contributed by atoms with Crippen LogP contribution in [0.1, 0.15) is 20.8 Å². The predicted octanol–water partition coefficient (Wildman–Crippen LogP) is 0.764. The highest BCUT2D eigenvalue weighted by Gasteiger charge is 2.13. The van der Waals surface area contributed by atoms with Gasteiger partial charge >= 0.3 is 11.9 Å². The average Bonchev–Trinajstić information content (AvgIpc) is 2.22. The average molecular weight is 218 g/mol. The van der Waals surface area contributed by atoms with Crippen LogP contribution in [0.25, 0.3) is 0 Å². The molecule has 0 unspecified atom stereocenters. The monoisotopic (exact) mass is 218 g/mol. The highest BCUT2D eigenvalue weighted by atomic mass is 16.6. The molecule has 0 spiro atoms. The molecule has 0 bridgehead atoms. The van der Waals surface area contributed by atoms with Crippen molar-refractivity contribution in [1.82, 2.24) is 0 Å². The second-order valence-corrected chi connectivity index (χ2v) is 3.37. The van der Waals surface area contributed by atoms with E-state index in [0.29, 0.717) is 0 Å². The minimum Gasteiger partial charge on any atom is -0.462 e. The Bertz CT molecular complexity index is 212. The predicted molar refractivity (Wildman–Crippen MR) is 53.2 cm³/mol. The number of carbonyl (C=O) groups is 2. The van der Waals surface area contributed by atoms with Crippen molar-refractivity contribution in [3.05, 3.63) is 0 Å². The zero-order valence-corrected chi connectivity index (χ0v) is 9.61. The Balaban J connectivity index is 3.55. The number of methoxy groups -OCH3 is 1. The summed E-state index contributed by atoms with van der Waals surface area (Å²) in [5.41, 5.74) is 0. The summed E-state index contributed by atoms with van der Waals surface area (Å²) in [4.78, 5) is 22.1. The molecule has 0 aromatic rings. The van der Waals surface area contributed by atoms with Crippen molar-refractivity contribution in [3.63, 3.8) is 0 Å². The van der Waals surface area contributed by atoms with Crippen molar-refractivity contribution >= 4 is 11.9 Å². The fraction of sp³-hybridized carbons (Fsp3) is 0.800. The molecule has 0 N–H and O–H groups in total. The normalized spacial score (nSPS) is 12.3. The summed E-state index contributed by atoms with van der Waals surface area (Å²) in [7, 11) is 1.42. The number of rotatable bonds is 6. The Morgan fingerprint density at radius 2 is 1.47 bits per heavy atom. The van der Waals surface area contributed by atoms with Crippen LogP contribution in [-0.4, -0.2) is 38.4 Å². The summed E-state index contributed by atoms with van der Waals surface area (Å²) in [6.07, 6.45) is -0.592. The maximum Gasteiger partial charge on any atom is 0.335 e. The topological polar surface area (TPSA) is 61.8 Å². The first-order valence-electron chi connectivity index (χ1n) is 4.85. The first-order valence-corrected chi connectivity index (χ1v) is 4.85. The van der Waals surface area contributed by atoms with E-state index in [1.165, 1.54) is 7.11 Å². The SMILES string of the molecule is CO[C@@H](C)C(=O)OCCOC(=O)C(C)C. The van der Waals surface area contributed by atoms with Gasteiger partial charge in [-0.3, -0.25) is 4.79 Å². The van der Waals surface area contributed by atoms with E-state index in [4.69, 9.17) is 14.2 Å². The van der Waals surface area contributed by atoms with Gasteiger partial charge < -0.3 is 14.2 Å². The van der Waals surface area contributed by atoms with Gasteiger partial charge in [0.15, 0.2) is 6.10 Å². The number of hydrogen-bond donors (Lipinski definition) is 0. The lowest BCUT2D eigenvalue weighted by molar-refractivity contribution is -0.160. The van der Waals surface area contributed by atoms with Crippen LogP contribution in [0.3, 0.4) is 0 Å². The van der Waals surface area contributed by atoms with Crippen LogP contribution >= 0.6 is 0 Å². The lowest BCUT2D eigenvalue weighted by Crippen LogP contribution is -2.24. The smallest absolute Gasteiger partial charge is 0.335 e. The van der Waals surface area contributed by atoms with Gasteiger partial charge in [-0.1, -0.05) is 13.8 Å². The van der Waals surface area contributed by atoms with Crippen LogP contribution in [0, 0.1) is 5.92 Å². The maximum atomic E-state index is 11.1. The molecule has 0 saturated heterocycles. The summed E-state index contributed by atoms with van der Waals surface area (Å²) in [5, 5.41) is 0. The van der Waals surface area contributed by atoms with Gasteiger partial charge in [0.2, 0.25) is 0 Å². The Morgan fingerprint density at radius 3 is 1.87 bits per heavy atom. The molecule has 0 fully saturated rings. The molecule has 15 heavy (non-hydrogen) atoms. The third kappa shape index (κ3) is 6.06. The minimum absolute atomic E-state index is 0.0605. The van der Waals surface area contributed by atoms with E-state index in [1.807, 2.05) is 0 Å². The number of ether oxygens (including phenoxy) is 3. The van der Waals surface area contributed by atoms with E-state index in [-0.39, 0.29) is 25.1 Å². The molecule has 5 heteroatoms. The van der Waals surface area contributed by atoms with Gasteiger partial charge in [0.25, 0.3) is 0 Å². The van der Waals surface area contributed by atoms with E-state index in [9.17, 15) is 9.59 Å². The van der Waals surface area contributed by atoms with Crippen molar-refractivity contribution < 1.29 is 23.8 Å². The van der Waals surface area contributed by atoms with Crippen LogP contribution in [0.4, 0.5) is 0 Å². The second-order valence-electron chi connectivity index (χ2n) is 3.37. The summed E-state index contributed by atoms with van der Waals surface area (Å²) >= 11 is 0. The Labute approximate surface area is 89.7 Å². The van der Waals surface area contributed by atoms with E-state index >= 15 is 0 Å². The van der Waals surface area contributed by atoms with E-state index in [0.717, 1.165) is 0 Å². The largest absolute Gasteiger partial charge is 0.462 e. The number of carbonyl (C=O) groups excluding carboxylic acids is 2. The zero-order valence-electron chi connectivity index (χ0n) is 9.61. The molecule has 0 aromatic carbocycles. The lowest BCUT2D eigenvalue weighted by Gasteiger charge is -2.10. The number of hydrogen-bond acceptors (Lipinski definition) is 5. The molecule has 0 heterocycles. The molecule has 0 amide bonds. The molecule has 0 rings (SSSR count). The third-order valence-electron chi connectivity index (χ3n) is 1.73. The molecular formula is C10H18O5. The van der Waals surface area contributed by atoms with Crippen LogP contribution < -0.4 is 0 Å². The molecule has 0 radical (unpaired) electrons. The van der Waals surface area contributed by atoms with Crippen molar-refractivity contribution in [1.29, 1.82) is 0 Å². The first kappa shape index (κ1) is 13.9. The Hall–Kier alpha value is -1.10. The van der Waals surface area contributed by atoms with Crippen LogP contribution in [0.15, 0.2) is 0 Å². The van der Waals surface area contributed by atoms with Crippen molar-refractivity contribution in [2.45, 2.75) is 26.9 Å². The highest BCUT2D eigenvalue weighted by molar-refractivity contribution is 5.74. The molecule has 0 saturated carbocycles. The van der Waals surface area contributed by atoms with Crippen LogP contribution in [0.5, 0.6) is 0 Å². The van der Waals surface area contributed by atoms with Gasteiger partial charge in [0.1, 0.15) is 13.2 Å². The van der Waals surface area contributed by atoms with Crippen molar-refractivity contribution in [2.24, 2.45) is 5.92 Å². The van der Waals surface area contributed by atoms with E-state index in [1.54, 1.807) is 20.8 Å². The molecule has 0 aliphatic rings. The van der Waals surface area contributed by atoms with E-state index < -0.39 is 12.1 Å². The molecular weight excluding hydrogens is 200 g/mol. The van der Waals surface area contributed by atoms with Crippen LogP contribution in [-0.2, 0) is 23.8 Å². The maximum absolute atomic E-state index is 11.1. The quantitative estimate of drug-likeness (QED) is 0.486. The molecule has 0 aliphatic carbocycles. The standard InChI is InChI=1S/C10H18O5/c1-7(2)9(11)14-5-6-15-10(12)8(3)13-4/h7-8H,5-6H2,1-4H3/t8-/m0/s1. The Kier molecular flexibility index (Phi) is 6.70. The second kappa shape index (κ2) is 7.23. The van der Waals surface area contributed by atoms with Gasteiger partial charge in [-0.25, -0.2) is 4.79 Å². The highest BCUT2D eigenvalue weighted by Crippen LogP contribution is 1.96. The third-order valence-corrected chi connectivity index (χ3v) is 1.73. The van der Waals surface area contributed by atoms with Gasteiger partial charge in [0, 0.05) is 7.11 Å². The molecule has 1 atom stereocenters. The van der Waals surface area contributed by atoms with Gasteiger partial charge in [-0.05, 0) is 6.92 Å². The summed E-state index contributed by atoms with van der Waals surface area (Å²) in [6, 6.07) is 0. The molecule has 0 aromatic heterocycles. The fourth-order valence-electron chi connectivity index (χ4n) is 0.665. The summed E-state index contributed by atoms with van der Waals surface area (Å²) in [6.45, 7) is 5.20. The van der Waals surface area contributed by atoms with Gasteiger partial charge in [-0.15, -0.1) is 0 Å². The molecule has 88 valence electrons. The molecule has 0 aliphatic heterocycles. The first-order chi connectivity index (χ1) is 6.99. The van der Waals surface area contributed by atoms with E-state index in [2.05, 4.69) is 0 Å². The minimum atomic E-state index is -0.592. The lowest BCUT2D eigenvalue weighted by atomic mass is 10.2. The summed E-state index contributed by atoms with van der Waals surface area (Å²) < 4.78 is 14.3. The van der Waals surface area contributed by atoms with Gasteiger partial charge in [0.05, 0.1) is 5.92 Å². The van der Waals surface area contributed by atoms with Crippen molar-refractivity contribution in [3.8, 4) is 0 Å². The Morgan fingerprint density at radius 1 is 1.00 bits per heavy atom. The van der Waals surface area contributed by atoms with Crippen molar-refractivity contribution in [2.75, 3.05) is 20.3 Å². The van der Waals surface area contributed by atoms with Gasteiger partial charge in [-0.2, -0.15) is 0 Å². The summed E-state index contributed by atoms with van der Waals surface area (Å²) in [5.74, 6) is -0.928. The number of esters is 2. The fourth-order valence-corrected chi connectivity index (χ4v) is 0.665. The molecule has 5 nitrogen and oxygen atoms in total. The van der Waals surface area contributed by atoms with Crippen LogP contribution in [0.2, 0.25) is 0 Å². The zero-order chi connectivity index (χ0) is 11.8.